The topological polar surface area (TPSA) is 66.4 Å². The highest BCUT2D eigenvalue weighted by Crippen LogP contribution is 2.37. The average Bonchev–Trinajstić information content (AvgIpc) is 2.99. The number of rotatable bonds is 3. The minimum atomic E-state index is -0.908. The van der Waals surface area contributed by atoms with E-state index in [1.165, 1.54) is 22.3 Å². The Morgan fingerprint density at radius 3 is 2.44 bits per heavy atom. The van der Waals surface area contributed by atoms with Crippen molar-refractivity contribution >= 4 is 17.6 Å². The van der Waals surface area contributed by atoms with E-state index in [9.17, 15) is 14.7 Å². The molecule has 2 unspecified atom stereocenters. The lowest BCUT2D eigenvalue weighted by Gasteiger charge is -2.24. The highest BCUT2D eigenvalue weighted by Gasteiger charge is 2.34. The summed E-state index contributed by atoms with van der Waals surface area (Å²) < 4.78 is 0. The van der Waals surface area contributed by atoms with Crippen molar-refractivity contribution < 1.29 is 14.7 Å². The molecule has 0 radical (unpaired) electrons. The van der Waals surface area contributed by atoms with Gasteiger partial charge in [0.15, 0.2) is 0 Å². The molecule has 2 aliphatic rings. The minimum absolute atomic E-state index is 0.216. The molecule has 0 saturated carbocycles. The number of carbonyl (C=O) groups excluding carboxylic acids is 1. The fourth-order valence-corrected chi connectivity index (χ4v) is 3.83. The summed E-state index contributed by atoms with van der Waals surface area (Å²) in [5, 5.41) is 12.3. The zero-order valence-corrected chi connectivity index (χ0v) is 13.7. The second-order valence-corrected chi connectivity index (χ2v) is 6.69. The Bertz CT molecular complexity index is 884. The first kappa shape index (κ1) is 15.6. The van der Waals surface area contributed by atoms with E-state index in [1.807, 2.05) is 42.5 Å². The molecule has 2 aliphatic carbocycles. The van der Waals surface area contributed by atoms with Gasteiger partial charge in [0.05, 0.1) is 11.8 Å². The number of benzene rings is 2. The molecule has 4 rings (SSSR count). The van der Waals surface area contributed by atoms with Crippen molar-refractivity contribution in [3.8, 4) is 11.1 Å². The highest BCUT2D eigenvalue weighted by atomic mass is 16.4. The molecule has 0 bridgehead atoms. The van der Waals surface area contributed by atoms with Gasteiger partial charge in [-0.15, -0.1) is 0 Å². The number of hydrogen-bond acceptors (Lipinski definition) is 2. The van der Waals surface area contributed by atoms with Crippen molar-refractivity contribution in [1.29, 1.82) is 0 Å². The number of carboxylic acids is 1. The quantitative estimate of drug-likeness (QED) is 0.715. The largest absolute Gasteiger partial charge is 0.481 e. The van der Waals surface area contributed by atoms with Crippen LogP contribution in [0, 0.1) is 11.8 Å². The Morgan fingerprint density at radius 2 is 1.64 bits per heavy atom. The van der Waals surface area contributed by atoms with Crippen LogP contribution >= 0.6 is 0 Å². The predicted molar refractivity (Wildman–Crippen MR) is 96.3 cm³/mol. The smallest absolute Gasteiger partial charge is 0.307 e. The lowest BCUT2D eigenvalue weighted by molar-refractivity contribution is -0.146. The number of aliphatic carboxylic acids is 1. The maximum Gasteiger partial charge on any atom is 0.307 e. The van der Waals surface area contributed by atoms with Gasteiger partial charge in [-0.3, -0.25) is 9.59 Å². The normalized spacial score (nSPS) is 20.6. The molecule has 2 atom stereocenters. The zero-order chi connectivity index (χ0) is 17.4. The molecule has 4 heteroatoms. The summed E-state index contributed by atoms with van der Waals surface area (Å²) in [6, 6.07) is 14.2. The lowest BCUT2D eigenvalue weighted by atomic mass is 9.82. The lowest BCUT2D eigenvalue weighted by Crippen LogP contribution is -2.34. The minimum Gasteiger partial charge on any atom is -0.481 e. The predicted octanol–water partition coefficient (Wildman–Crippen LogP) is 3.86. The monoisotopic (exact) mass is 333 g/mol. The van der Waals surface area contributed by atoms with Crippen molar-refractivity contribution in [2.75, 3.05) is 5.32 Å². The van der Waals surface area contributed by atoms with Gasteiger partial charge in [0.25, 0.3) is 0 Å². The van der Waals surface area contributed by atoms with Gasteiger partial charge in [-0.1, -0.05) is 42.5 Å². The number of fused-ring (bicyclic) bond motifs is 3. The summed E-state index contributed by atoms with van der Waals surface area (Å²) in [7, 11) is 0. The second kappa shape index (κ2) is 6.20. The first-order chi connectivity index (χ1) is 12.1. The number of carboxylic acid groups (broad SMARTS) is 1. The van der Waals surface area contributed by atoms with Gasteiger partial charge in [0.1, 0.15) is 0 Å². The Morgan fingerprint density at radius 1 is 0.920 bits per heavy atom. The van der Waals surface area contributed by atoms with Gasteiger partial charge in [-0.25, -0.2) is 0 Å². The van der Waals surface area contributed by atoms with Crippen LogP contribution in [0.25, 0.3) is 11.1 Å². The third-order valence-electron chi connectivity index (χ3n) is 5.15. The third kappa shape index (κ3) is 2.84. The summed E-state index contributed by atoms with van der Waals surface area (Å²) in [4.78, 5) is 24.0. The summed E-state index contributed by atoms with van der Waals surface area (Å²) in [6.07, 6.45) is 5.48. The Labute approximate surface area is 146 Å². The van der Waals surface area contributed by atoms with Gasteiger partial charge >= 0.3 is 5.97 Å². The van der Waals surface area contributed by atoms with Gasteiger partial charge in [0, 0.05) is 5.69 Å². The molecule has 0 aliphatic heterocycles. The first-order valence-electron chi connectivity index (χ1n) is 8.53. The highest BCUT2D eigenvalue weighted by molar-refractivity contribution is 5.96. The van der Waals surface area contributed by atoms with Crippen LogP contribution in [-0.4, -0.2) is 17.0 Å². The third-order valence-corrected chi connectivity index (χ3v) is 5.15. The van der Waals surface area contributed by atoms with Crippen molar-refractivity contribution in [1.82, 2.24) is 0 Å². The molecule has 0 spiro atoms. The van der Waals surface area contributed by atoms with E-state index in [4.69, 9.17) is 0 Å². The van der Waals surface area contributed by atoms with Crippen molar-refractivity contribution in [3.63, 3.8) is 0 Å². The van der Waals surface area contributed by atoms with Crippen molar-refractivity contribution in [3.05, 3.63) is 65.7 Å². The molecule has 0 saturated heterocycles. The summed E-state index contributed by atoms with van der Waals surface area (Å²) in [6.45, 7) is 0. The number of nitrogens with one attached hydrogen (secondary N) is 1. The maximum atomic E-state index is 12.6. The molecule has 0 heterocycles. The van der Waals surface area contributed by atoms with E-state index in [-0.39, 0.29) is 5.91 Å². The first-order valence-corrected chi connectivity index (χ1v) is 8.53. The van der Waals surface area contributed by atoms with Gasteiger partial charge in [0.2, 0.25) is 5.91 Å². The summed E-state index contributed by atoms with van der Waals surface area (Å²) in [5.74, 6) is -2.29. The second-order valence-electron chi connectivity index (χ2n) is 6.69. The molecule has 0 aromatic heterocycles. The van der Waals surface area contributed by atoms with E-state index in [1.54, 1.807) is 0 Å². The Balaban J connectivity index is 1.54. The van der Waals surface area contributed by atoms with Crippen molar-refractivity contribution in [2.45, 2.75) is 19.3 Å². The summed E-state index contributed by atoms with van der Waals surface area (Å²) >= 11 is 0. The van der Waals surface area contributed by atoms with Crippen LogP contribution in [0.15, 0.2) is 54.6 Å². The SMILES string of the molecule is O=C(O)C1CC=CCC1C(=O)Nc1ccc2c(c1)Cc1ccccc1-2. The number of amides is 1. The molecular formula is C21H19NO3. The fourth-order valence-electron chi connectivity index (χ4n) is 3.83. The van der Waals surface area contributed by atoms with E-state index in [0.29, 0.717) is 12.8 Å². The van der Waals surface area contributed by atoms with Crippen molar-refractivity contribution in [2.24, 2.45) is 11.8 Å². The van der Waals surface area contributed by atoms with E-state index in [2.05, 4.69) is 17.4 Å². The van der Waals surface area contributed by atoms with Crippen LogP contribution in [-0.2, 0) is 16.0 Å². The average molecular weight is 333 g/mol. The molecule has 25 heavy (non-hydrogen) atoms. The van der Waals surface area contributed by atoms with Gasteiger partial charge in [-0.2, -0.15) is 0 Å². The van der Waals surface area contributed by atoms with Crippen LogP contribution in [0.4, 0.5) is 5.69 Å². The Hall–Kier alpha value is -2.88. The number of hydrogen-bond donors (Lipinski definition) is 2. The maximum absolute atomic E-state index is 12.6. The number of allylic oxidation sites excluding steroid dienone is 2. The van der Waals surface area contributed by atoms with E-state index >= 15 is 0 Å². The standard InChI is InChI=1S/C21H19NO3/c23-20(18-7-3-4-8-19(18)21(24)25)22-15-9-10-17-14(12-15)11-13-5-1-2-6-16(13)17/h1-6,9-10,12,18-19H,7-8,11H2,(H,22,23)(H,24,25). The fraction of sp³-hybridized carbons (Fsp3) is 0.238. The summed E-state index contributed by atoms with van der Waals surface area (Å²) in [5.41, 5.74) is 5.67. The van der Waals surface area contributed by atoms with Gasteiger partial charge < -0.3 is 10.4 Å². The molecular weight excluding hydrogens is 314 g/mol. The van der Waals surface area contributed by atoms with E-state index in [0.717, 1.165) is 12.1 Å². The molecule has 2 aromatic rings. The van der Waals surface area contributed by atoms with E-state index < -0.39 is 17.8 Å². The van der Waals surface area contributed by atoms with Gasteiger partial charge in [-0.05, 0) is 53.6 Å². The Kier molecular flexibility index (Phi) is 3.88. The number of anilines is 1. The molecule has 1 amide bonds. The molecule has 2 aromatic carbocycles. The number of carbonyl (C=O) groups is 2. The molecule has 0 fully saturated rings. The molecule has 2 N–H and O–H groups in total. The zero-order valence-electron chi connectivity index (χ0n) is 13.7. The van der Waals surface area contributed by atoms with Crippen LogP contribution < -0.4 is 5.32 Å². The van der Waals surface area contributed by atoms with Crippen LogP contribution in [0.1, 0.15) is 24.0 Å². The van der Waals surface area contributed by atoms with Crippen LogP contribution in [0.5, 0.6) is 0 Å². The molecule has 4 nitrogen and oxygen atoms in total. The van der Waals surface area contributed by atoms with Crippen LogP contribution in [0.2, 0.25) is 0 Å². The molecule has 126 valence electrons. The van der Waals surface area contributed by atoms with Crippen LogP contribution in [0.3, 0.4) is 0 Å².